The second-order valence-corrected chi connectivity index (χ2v) is 4.25. The summed E-state index contributed by atoms with van der Waals surface area (Å²) in [6.07, 6.45) is 6.34. The van der Waals surface area contributed by atoms with E-state index in [0.717, 1.165) is 25.9 Å². The van der Waals surface area contributed by atoms with Crippen molar-refractivity contribution >= 4 is 5.78 Å². The average Bonchev–Trinajstić information content (AvgIpc) is 2.66. The van der Waals surface area contributed by atoms with E-state index >= 15 is 0 Å². The van der Waals surface area contributed by atoms with Crippen LogP contribution in [0.4, 0.5) is 0 Å². The SMILES string of the molecule is Cn1cnc(C(=O)CC2CCNCC2)c1. The van der Waals surface area contributed by atoms with E-state index in [1.807, 2.05) is 11.6 Å². The predicted octanol–water partition coefficient (Wildman–Crippen LogP) is 0.992. The minimum absolute atomic E-state index is 0.183. The Morgan fingerprint density at radius 1 is 1.60 bits per heavy atom. The highest BCUT2D eigenvalue weighted by Crippen LogP contribution is 2.18. The highest BCUT2D eigenvalue weighted by Gasteiger charge is 2.18. The van der Waals surface area contributed by atoms with E-state index in [1.165, 1.54) is 0 Å². The third-order valence-corrected chi connectivity index (χ3v) is 2.92. The van der Waals surface area contributed by atoms with E-state index in [1.54, 1.807) is 12.5 Å². The maximum atomic E-state index is 11.8. The summed E-state index contributed by atoms with van der Waals surface area (Å²) in [6.45, 7) is 2.08. The summed E-state index contributed by atoms with van der Waals surface area (Å²) in [5.41, 5.74) is 0.607. The van der Waals surface area contributed by atoms with Crippen molar-refractivity contribution in [2.75, 3.05) is 13.1 Å². The molecule has 1 aromatic heterocycles. The first-order chi connectivity index (χ1) is 7.25. The van der Waals surface area contributed by atoms with Crippen LogP contribution in [-0.2, 0) is 7.05 Å². The lowest BCUT2D eigenvalue weighted by Gasteiger charge is -2.21. The molecule has 15 heavy (non-hydrogen) atoms. The molecule has 2 rings (SSSR count). The monoisotopic (exact) mass is 207 g/mol. The van der Waals surface area contributed by atoms with E-state index in [-0.39, 0.29) is 5.78 Å². The first kappa shape index (κ1) is 10.4. The highest BCUT2D eigenvalue weighted by atomic mass is 16.1. The van der Waals surface area contributed by atoms with Crippen LogP contribution in [0.25, 0.3) is 0 Å². The number of ketones is 1. The zero-order chi connectivity index (χ0) is 10.7. The quantitative estimate of drug-likeness (QED) is 0.752. The predicted molar refractivity (Wildman–Crippen MR) is 57.7 cm³/mol. The van der Waals surface area contributed by atoms with E-state index < -0.39 is 0 Å². The molecule has 1 fully saturated rings. The summed E-state index contributed by atoms with van der Waals surface area (Å²) >= 11 is 0. The normalized spacial score (nSPS) is 17.9. The zero-order valence-electron chi connectivity index (χ0n) is 9.07. The smallest absolute Gasteiger partial charge is 0.183 e. The van der Waals surface area contributed by atoms with E-state index in [4.69, 9.17) is 0 Å². The molecule has 0 aliphatic carbocycles. The molecule has 2 heterocycles. The van der Waals surface area contributed by atoms with Crippen molar-refractivity contribution in [3.63, 3.8) is 0 Å². The maximum absolute atomic E-state index is 11.8. The van der Waals surface area contributed by atoms with Crippen molar-refractivity contribution in [2.45, 2.75) is 19.3 Å². The topological polar surface area (TPSA) is 46.9 Å². The maximum Gasteiger partial charge on any atom is 0.183 e. The van der Waals surface area contributed by atoms with E-state index in [9.17, 15) is 4.79 Å². The van der Waals surface area contributed by atoms with Crippen molar-refractivity contribution in [3.8, 4) is 0 Å². The summed E-state index contributed by atoms with van der Waals surface area (Å²) in [6, 6.07) is 0. The number of hydrogen-bond donors (Lipinski definition) is 1. The summed E-state index contributed by atoms with van der Waals surface area (Å²) < 4.78 is 1.82. The standard InChI is InChI=1S/C11H17N3O/c1-14-7-10(13-8-14)11(15)6-9-2-4-12-5-3-9/h7-9,12H,2-6H2,1H3. The van der Waals surface area contributed by atoms with Crippen molar-refractivity contribution < 1.29 is 4.79 Å². The fourth-order valence-corrected chi connectivity index (χ4v) is 2.01. The third kappa shape index (κ3) is 2.65. The Balaban J connectivity index is 1.91. The van der Waals surface area contributed by atoms with Gasteiger partial charge in [-0.3, -0.25) is 4.79 Å². The highest BCUT2D eigenvalue weighted by molar-refractivity contribution is 5.94. The lowest BCUT2D eigenvalue weighted by atomic mass is 9.92. The van der Waals surface area contributed by atoms with Gasteiger partial charge in [-0.2, -0.15) is 0 Å². The van der Waals surface area contributed by atoms with Gasteiger partial charge in [0.05, 0.1) is 6.33 Å². The van der Waals surface area contributed by atoms with Crippen molar-refractivity contribution in [1.82, 2.24) is 14.9 Å². The van der Waals surface area contributed by atoms with Crippen LogP contribution >= 0.6 is 0 Å². The zero-order valence-corrected chi connectivity index (χ0v) is 9.07. The van der Waals surface area contributed by atoms with Crippen LogP contribution in [0.3, 0.4) is 0 Å². The van der Waals surface area contributed by atoms with Crippen LogP contribution in [0.1, 0.15) is 29.8 Å². The number of imidazole rings is 1. The molecule has 1 aliphatic rings. The van der Waals surface area contributed by atoms with Crippen LogP contribution < -0.4 is 5.32 Å². The minimum atomic E-state index is 0.183. The first-order valence-electron chi connectivity index (χ1n) is 5.47. The second kappa shape index (κ2) is 4.57. The molecule has 0 bridgehead atoms. The Bertz CT molecular complexity index is 339. The molecular weight excluding hydrogens is 190 g/mol. The molecule has 0 radical (unpaired) electrons. The Hall–Kier alpha value is -1.16. The molecule has 82 valence electrons. The van der Waals surface area contributed by atoms with Crippen molar-refractivity contribution in [3.05, 3.63) is 18.2 Å². The van der Waals surface area contributed by atoms with Gasteiger partial charge in [0.1, 0.15) is 5.69 Å². The molecule has 0 amide bonds. The Morgan fingerprint density at radius 3 is 2.93 bits per heavy atom. The van der Waals surface area contributed by atoms with Gasteiger partial charge in [-0.25, -0.2) is 4.98 Å². The van der Waals surface area contributed by atoms with Crippen molar-refractivity contribution in [2.24, 2.45) is 13.0 Å². The molecular formula is C11H17N3O. The van der Waals surface area contributed by atoms with E-state index in [2.05, 4.69) is 10.3 Å². The molecule has 0 spiro atoms. The molecule has 1 N–H and O–H groups in total. The minimum Gasteiger partial charge on any atom is -0.340 e. The van der Waals surface area contributed by atoms with Gasteiger partial charge in [-0.15, -0.1) is 0 Å². The lowest BCUT2D eigenvalue weighted by molar-refractivity contribution is 0.0948. The number of carbonyl (C=O) groups is 1. The number of nitrogens with one attached hydrogen (secondary N) is 1. The summed E-state index contributed by atoms with van der Waals surface area (Å²) in [4.78, 5) is 15.9. The largest absolute Gasteiger partial charge is 0.340 e. The summed E-state index contributed by atoms with van der Waals surface area (Å²) in [7, 11) is 1.88. The summed E-state index contributed by atoms with van der Waals surface area (Å²) in [5.74, 6) is 0.725. The first-order valence-corrected chi connectivity index (χ1v) is 5.47. The van der Waals surface area contributed by atoms with Crippen molar-refractivity contribution in [1.29, 1.82) is 0 Å². The average molecular weight is 207 g/mol. The number of rotatable bonds is 3. The Labute approximate surface area is 89.7 Å². The second-order valence-electron chi connectivity index (χ2n) is 4.25. The van der Waals surface area contributed by atoms with Gasteiger partial charge in [0.25, 0.3) is 0 Å². The molecule has 0 saturated carbocycles. The fourth-order valence-electron chi connectivity index (χ4n) is 2.01. The van der Waals surface area contributed by atoms with Gasteiger partial charge < -0.3 is 9.88 Å². The van der Waals surface area contributed by atoms with Crippen LogP contribution in [-0.4, -0.2) is 28.4 Å². The van der Waals surface area contributed by atoms with Gasteiger partial charge in [0, 0.05) is 19.7 Å². The molecule has 1 aliphatic heterocycles. The van der Waals surface area contributed by atoms with Gasteiger partial charge in [-0.05, 0) is 31.8 Å². The molecule has 1 saturated heterocycles. The number of piperidine rings is 1. The number of carbonyl (C=O) groups excluding carboxylic acids is 1. The molecule has 4 heteroatoms. The number of hydrogen-bond acceptors (Lipinski definition) is 3. The van der Waals surface area contributed by atoms with Crippen LogP contribution in [0, 0.1) is 5.92 Å². The third-order valence-electron chi connectivity index (χ3n) is 2.92. The molecule has 0 atom stereocenters. The fraction of sp³-hybridized carbons (Fsp3) is 0.636. The number of aromatic nitrogens is 2. The van der Waals surface area contributed by atoms with Gasteiger partial charge >= 0.3 is 0 Å². The van der Waals surface area contributed by atoms with Gasteiger partial charge in [0.2, 0.25) is 0 Å². The van der Waals surface area contributed by atoms with Gasteiger partial charge in [-0.1, -0.05) is 0 Å². The van der Waals surface area contributed by atoms with Gasteiger partial charge in [0.15, 0.2) is 5.78 Å². The lowest BCUT2D eigenvalue weighted by Crippen LogP contribution is -2.28. The Kier molecular flexibility index (Phi) is 3.16. The molecule has 1 aromatic rings. The number of aryl methyl sites for hydroxylation is 1. The molecule has 0 aromatic carbocycles. The number of Topliss-reactive ketones (excluding diaryl/α,β-unsaturated/α-hetero) is 1. The van der Waals surface area contributed by atoms with Crippen LogP contribution in [0.15, 0.2) is 12.5 Å². The number of nitrogens with zero attached hydrogens (tertiary/aromatic N) is 2. The molecule has 0 unspecified atom stereocenters. The summed E-state index contributed by atoms with van der Waals surface area (Å²) in [5, 5.41) is 3.30. The molecule has 4 nitrogen and oxygen atoms in total. The van der Waals surface area contributed by atoms with E-state index in [0.29, 0.717) is 18.0 Å². The Morgan fingerprint density at radius 2 is 2.33 bits per heavy atom. The van der Waals surface area contributed by atoms with Crippen LogP contribution in [0.2, 0.25) is 0 Å². The van der Waals surface area contributed by atoms with Crippen LogP contribution in [0.5, 0.6) is 0 Å².